The standard InChI is InChI=1S/C13H22FN3/c1-4-6-16-13(5-7-17(2)3)11-8-12(14)10-15-9-11/h8-10,13,16H,4-7H2,1-3H3. The average molecular weight is 239 g/mol. The van der Waals surface area contributed by atoms with Crippen molar-refractivity contribution in [2.75, 3.05) is 27.2 Å². The quantitative estimate of drug-likeness (QED) is 0.790. The van der Waals surface area contributed by atoms with Gasteiger partial charge in [-0.15, -0.1) is 0 Å². The molecule has 1 N–H and O–H groups in total. The summed E-state index contributed by atoms with van der Waals surface area (Å²) in [5.74, 6) is -0.268. The van der Waals surface area contributed by atoms with E-state index in [0.29, 0.717) is 0 Å². The predicted molar refractivity (Wildman–Crippen MR) is 68.4 cm³/mol. The van der Waals surface area contributed by atoms with E-state index in [1.807, 2.05) is 14.1 Å². The molecule has 0 aliphatic heterocycles. The Labute approximate surface area is 103 Å². The van der Waals surface area contributed by atoms with Gasteiger partial charge in [-0.05, 0) is 51.7 Å². The molecule has 0 aromatic carbocycles. The van der Waals surface area contributed by atoms with Gasteiger partial charge in [-0.25, -0.2) is 4.39 Å². The van der Waals surface area contributed by atoms with Crippen LogP contribution < -0.4 is 5.32 Å². The van der Waals surface area contributed by atoms with E-state index in [4.69, 9.17) is 0 Å². The number of aromatic nitrogens is 1. The van der Waals surface area contributed by atoms with Gasteiger partial charge in [-0.3, -0.25) is 4.98 Å². The summed E-state index contributed by atoms with van der Waals surface area (Å²) in [5.41, 5.74) is 0.931. The Morgan fingerprint density at radius 2 is 2.18 bits per heavy atom. The van der Waals surface area contributed by atoms with Crippen molar-refractivity contribution in [1.29, 1.82) is 0 Å². The van der Waals surface area contributed by atoms with Crippen LogP contribution in [0.2, 0.25) is 0 Å². The third kappa shape index (κ3) is 5.24. The van der Waals surface area contributed by atoms with Gasteiger partial charge in [-0.1, -0.05) is 6.92 Å². The minimum absolute atomic E-state index is 0.181. The Bertz CT molecular complexity index is 328. The molecule has 1 atom stereocenters. The van der Waals surface area contributed by atoms with Crippen molar-refractivity contribution in [3.05, 3.63) is 29.8 Å². The molecule has 0 aliphatic rings. The zero-order valence-electron chi connectivity index (χ0n) is 10.9. The highest BCUT2D eigenvalue weighted by Gasteiger charge is 2.11. The highest BCUT2D eigenvalue weighted by Crippen LogP contribution is 2.16. The molecule has 1 heterocycles. The Morgan fingerprint density at radius 1 is 1.41 bits per heavy atom. The monoisotopic (exact) mass is 239 g/mol. The lowest BCUT2D eigenvalue weighted by atomic mass is 10.1. The minimum atomic E-state index is -0.268. The Balaban J connectivity index is 2.67. The SMILES string of the molecule is CCCNC(CCN(C)C)c1cncc(F)c1. The molecule has 0 bridgehead atoms. The lowest BCUT2D eigenvalue weighted by Gasteiger charge is -2.20. The van der Waals surface area contributed by atoms with E-state index >= 15 is 0 Å². The van der Waals surface area contributed by atoms with Gasteiger partial charge in [0.15, 0.2) is 0 Å². The number of hydrogen-bond acceptors (Lipinski definition) is 3. The number of pyridine rings is 1. The molecule has 1 aromatic rings. The van der Waals surface area contributed by atoms with E-state index < -0.39 is 0 Å². The fourth-order valence-corrected chi connectivity index (χ4v) is 1.71. The van der Waals surface area contributed by atoms with E-state index in [1.165, 1.54) is 6.20 Å². The van der Waals surface area contributed by atoms with Crippen LogP contribution in [0.4, 0.5) is 4.39 Å². The van der Waals surface area contributed by atoms with Crippen molar-refractivity contribution in [1.82, 2.24) is 15.2 Å². The van der Waals surface area contributed by atoms with E-state index in [1.54, 1.807) is 12.3 Å². The van der Waals surface area contributed by atoms with E-state index in [-0.39, 0.29) is 11.9 Å². The van der Waals surface area contributed by atoms with Crippen molar-refractivity contribution < 1.29 is 4.39 Å². The van der Waals surface area contributed by atoms with Gasteiger partial charge in [0.2, 0.25) is 0 Å². The molecule has 1 unspecified atom stereocenters. The van der Waals surface area contributed by atoms with Crippen molar-refractivity contribution in [2.24, 2.45) is 0 Å². The number of nitrogens with zero attached hydrogens (tertiary/aromatic N) is 2. The van der Waals surface area contributed by atoms with Crippen molar-refractivity contribution in [2.45, 2.75) is 25.8 Å². The molecule has 0 aliphatic carbocycles. The van der Waals surface area contributed by atoms with E-state index in [9.17, 15) is 4.39 Å². The summed E-state index contributed by atoms with van der Waals surface area (Å²) in [6.45, 7) is 4.03. The molecule has 0 spiro atoms. The second kappa shape index (κ2) is 7.35. The maximum Gasteiger partial charge on any atom is 0.141 e. The van der Waals surface area contributed by atoms with Crippen molar-refractivity contribution >= 4 is 0 Å². The molecule has 4 heteroatoms. The first-order chi connectivity index (χ1) is 8.13. The molecule has 0 fully saturated rings. The van der Waals surface area contributed by atoms with Crippen LogP contribution in [0.5, 0.6) is 0 Å². The van der Waals surface area contributed by atoms with Crippen LogP contribution in [0.25, 0.3) is 0 Å². The number of nitrogens with one attached hydrogen (secondary N) is 1. The molecule has 17 heavy (non-hydrogen) atoms. The maximum atomic E-state index is 13.1. The molecule has 3 nitrogen and oxygen atoms in total. The topological polar surface area (TPSA) is 28.2 Å². The van der Waals surface area contributed by atoms with Gasteiger partial charge in [-0.2, -0.15) is 0 Å². The highest BCUT2D eigenvalue weighted by molar-refractivity contribution is 5.15. The van der Waals surface area contributed by atoms with Crippen LogP contribution in [-0.2, 0) is 0 Å². The number of hydrogen-bond donors (Lipinski definition) is 1. The van der Waals surface area contributed by atoms with Crippen LogP contribution in [0, 0.1) is 5.82 Å². The second-order valence-corrected chi connectivity index (χ2v) is 4.54. The van der Waals surface area contributed by atoms with Crippen molar-refractivity contribution in [3.63, 3.8) is 0 Å². The van der Waals surface area contributed by atoms with Gasteiger partial charge in [0.1, 0.15) is 5.82 Å². The summed E-state index contributed by atoms with van der Waals surface area (Å²) in [7, 11) is 4.08. The fraction of sp³-hybridized carbons (Fsp3) is 0.615. The third-order valence-corrected chi connectivity index (χ3v) is 2.63. The first-order valence-corrected chi connectivity index (χ1v) is 6.12. The number of rotatable bonds is 7. The fourth-order valence-electron chi connectivity index (χ4n) is 1.71. The summed E-state index contributed by atoms with van der Waals surface area (Å²) >= 11 is 0. The van der Waals surface area contributed by atoms with Crippen LogP contribution in [0.1, 0.15) is 31.4 Å². The molecule has 0 amide bonds. The Morgan fingerprint density at radius 3 is 2.76 bits per heavy atom. The first-order valence-electron chi connectivity index (χ1n) is 6.12. The smallest absolute Gasteiger partial charge is 0.141 e. The summed E-state index contributed by atoms with van der Waals surface area (Å²) in [5, 5.41) is 3.43. The minimum Gasteiger partial charge on any atom is -0.310 e. The predicted octanol–water partition coefficient (Wildman–Crippen LogP) is 2.21. The molecule has 1 rings (SSSR count). The molecule has 0 saturated heterocycles. The lowest BCUT2D eigenvalue weighted by molar-refractivity contribution is 0.360. The lowest BCUT2D eigenvalue weighted by Crippen LogP contribution is -2.26. The Hall–Kier alpha value is -1.00. The van der Waals surface area contributed by atoms with E-state index in [0.717, 1.165) is 31.5 Å². The molecule has 0 radical (unpaired) electrons. The van der Waals surface area contributed by atoms with Crippen LogP contribution >= 0.6 is 0 Å². The molecule has 96 valence electrons. The molecular weight excluding hydrogens is 217 g/mol. The molecule has 0 saturated carbocycles. The third-order valence-electron chi connectivity index (χ3n) is 2.63. The van der Waals surface area contributed by atoms with Crippen molar-refractivity contribution in [3.8, 4) is 0 Å². The average Bonchev–Trinajstić information content (AvgIpc) is 2.29. The summed E-state index contributed by atoms with van der Waals surface area (Å²) in [6, 6.07) is 1.75. The second-order valence-electron chi connectivity index (χ2n) is 4.54. The van der Waals surface area contributed by atoms with E-state index in [2.05, 4.69) is 22.1 Å². The summed E-state index contributed by atoms with van der Waals surface area (Å²) in [4.78, 5) is 6.04. The first kappa shape index (κ1) is 14.1. The van der Waals surface area contributed by atoms with Crippen LogP contribution in [0.15, 0.2) is 18.5 Å². The highest BCUT2D eigenvalue weighted by atomic mass is 19.1. The van der Waals surface area contributed by atoms with Crippen LogP contribution in [-0.4, -0.2) is 37.1 Å². The van der Waals surface area contributed by atoms with Gasteiger partial charge in [0.05, 0.1) is 6.20 Å². The molecular formula is C13H22FN3. The zero-order valence-corrected chi connectivity index (χ0v) is 10.9. The number of halogens is 1. The van der Waals surface area contributed by atoms with Crippen LogP contribution in [0.3, 0.4) is 0 Å². The van der Waals surface area contributed by atoms with Gasteiger partial charge >= 0.3 is 0 Å². The maximum absolute atomic E-state index is 13.1. The summed E-state index contributed by atoms with van der Waals surface area (Å²) < 4.78 is 13.1. The zero-order chi connectivity index (χ0) is 12.7. The van der Waals surface area contributed by atoms with Gasteiger partial charge in [0, 0.05) is 12.2 Å². The van der Waals surface area contributed by atoms with Gasteiger partial charge < -0.3 is 10.2 Å². The summed E-state index contributed by atoms with van der Waals surface area (Å²) in [6.07, 6.45) is 5.01. The largest absolute Gasteiger partial charge is 0.310 e. The normalized spacial score (nSPS) is 13.0. The van der Waals surface area contributed by atoms with Gasteiger partial charge in [0.25, 0.3) is 0 Å². The Kier molecular flexibility index (Phi) is 6.08. The molecule has 1 aromatic heterocycles.